The van der Waals surface area contributed by atoms with E-state index in [0.717, 1.165) is 37.8 Å². The Morgan fingerprint density at radius 1 is 1.33 bits per heavy atom. The molecule has 1 aliphatic carbocycles. The molecule has 0 radical (unpaired) electrons. The van der Waals surface area contributed by atoms with E-state index in [-0.39, 0.29) is 11.6 Å². The first kappa shape index (κ1) is 17.0. The summed E-state index contributed by atoms with van der Waals surface area (Å²) in [7, 11) is 0. The number of alkyl halides is 3. The topological polar surface area (TPSA) is 29.1 Å². The lowest BCUT2D eigenvalue weighted by Gasteiger charge is -2.19. The molecule has 1 heterocycles. The minimum absolute atomic E-state index is 0.160. The van der Waals surface area contributed by atoms with Crippen LogP contribution < -0.4 is 5.32 Å². The molecule has 6 heteroatoms. The number of anilines is 1. The van der Waals surface area contributed by atoms with E-state index < -0.39 is 11.7 Å². The van der Waals surface area contributed by atoms with Crippen molar-refractivity contribution >= 4 is 22.9 Å². The Kier molecular flexibility index (Phi) is 4.67. The number of aryl methyl sites for hydroxylation is 1. The summed E-state index contributed by atoms with van der Waals surface area (Å²) in [6.45, 7) is 2.17. The molecule has 1 N–H and O–H groups in total. The highest BCUT2D eigenvalue weighted by Crippen LogP contribution is 2.34. The molecule has 1 atom stereocenters. The molecule has 0 spiro atoms. The third kappa shape index (κ3) is 3.64. The third-order valence-corrected chi connectivity index (χ3v) is 5.67. The largest absolute Gasteiger partial charge is 0.416 e. The number of benzene rings is 1. The molecule has 0 fully saturated rings. The van der Waals surface area contributed by atoms with Crippen LogP contribution in [0.25, 0.3) is 0 Å². The van der Waals surface area contributed by atoms with E-state index >= 15 is 0 Å². The lowest BCUT2D eigenvalue weighted by molar-refractivity contribution is -0.137. The first-order valence-electron chi connectivity index (χ1n) is 7.97. The van der Waals surface area contributed by atoms with Crippen molar-refractivity contribution in [1.29, 1.82) is 0 Å². The smallest absolute Gasteiger partial charge is 0.321 e. The van der Waals surface area contributed by atoms with Gasteiger partial charge in [-0.3, -0.25) is 4.79 Å². The lowest BCUT2D eigenvalue weighted by atomic mass is 9.87. The van der Waals surface area contributed by atoms with Gasteiger partial charge in [-0.15, -0.1) is 11.3 Å². The molecule has 0 aliphatic heterocycles. The van der Waals surface area contributed by atoms with Crippen LogP contribution in [-0.2, 0) is 19.0 Å². The van der Waals surface area contributed by atoms with E-state index in [1.807, 2.05) is 6.07 Å². The van der Waals surface area contributed by atoms with Gasteiger partial charge in [0.25, 0.3) is 5.91 Å². The number of nitrogens with one attached hydrogen (secondary N) is 1. The molecule has 24 heavy (non-hydrogen) atoms. The summed E-state index contributed by atoms with van der Waals surface area (Å²) in [6, 6.07) is 6.60. The summed E-state index contributed by atoms with van der Waals surface area (Å²) in [5.41, 5.74) is 0.608. The molecular weight excluding hydrogens is 335 g/mol. The Bertz CT molecular complexity index is 751. The number of halogens is 3. The van der Waals surface area contributed by atoms with E-state index in [9.17, 15) is 18.0 Å². The quantitative estimate of drug-likeness (QED) is 0.772. The number of fused-ring (bicyclic) bond motifs is 1. The molecule has 0 saturated carbocycles. The maximum atomic E-state index is 12.7. The number of rotatable bonds is 3. The van der Waals surface area contributed by atoms with Gasteiger partial charge in [-0.2, -0.15) is 13.2 Å². The summed E-state index contributed by atoms with van der Waals surface area (Å²) in [5, 5.41) is 2.58. The van der Waals surface area contributed by atoms with Crippen LogP contribution in [0.3, 0.4) is 0 Å². The summed E-state index contributed by atoms with van der Waals surface area (Å²) in [6.07, 6.45) is -0.188. The van der Waals surface area contributed by atoms with Gasteiger partial charge < -0.3 is 5.32 Å². The molecule has 1 aliphatic rings. The zero-order chi connectivity index (χ0) is 17.3. The van der Waals surface area contributed by atoms with Crippen LogP contribution in [0.2, 0.25) is 0 Å². The van der Waals surface area contributed by atoms with Gasteiger partial charge >= 0.3 is 6.18 Å². The van der Waals surface area contributed by atoms with E-state index in [1.165, 1.54) is 33.9 Å². The van der Waals surface area contributed by atoms with Crippen molar-refractivity contribution in [3.63, 3.8) is 0 Å². The molecule has 0 bridgehead atoms. The normalized spacial score (nSPS) is 17.4. The zero-order valence-electron chi connectivity index (χ0n) is 13.2. The maximum Gasteiger partial charge on any atom is 0.416 e. The van der Waals surface area contributed by atoms with Crippen LogP contribution >= 0.6 is 11.3 Å². The fourth-order valence-electron chi connectivity index (χ4n) is 3.03. The van der Waals surface area contributed by atoms with Crippen LogP contribution in [0, 0.1) is 5.92 Å². The minimum Gasteiger partial charge on any atom is -0.321 e. The summed E-state index contributed by atoms with van der Waals surface area (Å²) < 4.78 is 38.2. The van der Waals surface area contributed by atoms with Crippen molar-refractivity contribution in [3.8, 4) is 0 Å². The molecule has 3 rings (SSSR count). The standard InChI is InChI=1S/C18H18F3NOS/c1-2-11-6-7-15-12(8-11)9-16(24-15)17(23)22-14-5-3-4-13(10-14)18(19,20)21/h3-5,9-11H,2,6-8H2,1H3,(H,22,23)/t11-/m0/s1. The fraction of sp³-hybridized carbons (Fsp3) is 0.389. The molecule has 1 aromatic carbocycles. The van der Waals surface area contributed by atoms with Crippen LogP contribution in [0.4, 0.5) is 18.9 Å². The highest BCUT2D eigenvalue weighted by atomic mass is 32.1. The predicted molar refractivity (Wildman–Crippen MR) is 89.5 cm³/mol. The average Bonchev–Trinajstić information content (AvgIpc) is 2.97. The molecule has 128 valence electrons. The van der Waals surface area contributed by atoms with Crippen molar-refractivity contribution < 1.29 is 18.0 Å². The van der Waals surface area contributed by atoms with Gasteiger partial charge in [0, 0.05) is 10.6 Å². The highest BCUT2D eigenvalue weighted by Gasteiger charge is 2.30. The average molecular weight is 353 g/mol. The number of hydrogen-bond acceptors (Lipinski definition) is 2. The predicted octanol–water partition coefficient (Wildman–Crippen LogP) is 5.53. The summed E-state index contributed by atoms with van der Waals surface area (Å²) in [5.74, 6) is 0.313. The Morgan fingerprint density at radius 3 is 2.83 bits per heavy atom. The number of thiophene rings is 1. The second kappa shape index (κ2) is 6.59. The Labute approximate surface area is 142 Å². The zero-order valence-corrected chi connectivity index (χ0v) is 14.1. The molecule has 0 unspecified atom stereocenters. The van der Waals surface area contributed by atoms with Crippen molar-refractivity contribution in [2.75, 3.05) is 5.32 Å². The Balaban J connectivity index is 1.76. The highest BCUT2D eigenvalue weighted by molar-refractivity contribution is 7.14. The van der Waals surface area contributed by atoms with Gasteiger partial charge in [0.2, 0.25) is 0 Å². The van der Waals surface area contributed by atoms with Crippen molar-refractivity contribution in [1.82, 2.24) is 0 Å². The maximum absolute atomic E-state index is 12.7. The second-order valence-electron chi connectivity index (χ2n) is 6.11. The van der Waals surface area contributed by atoms with Crippen LogP contribution in [0.15, 0.2) is 30.3 Å². The Morgan fingerprint density at radius 2 is 2.12 bits per heavy atom. The van der Waals surface area contributed by atoms with Crippen LogP contribution in [0.5, 0.6) is 0 Å². The van der Waals surface area contributed by atoms with Gasteiger partial charge in [-0.25, -0.2) is 0 Å². The van der Waals surface area contributed by atoms with Gasteiger partial charge in [0.1, 0.15) is 0 Å². The molecule has 2 nitrogen and oxygen atoms in total. The lowest BCUT2D eigenvalue weighted by Crippen LogP contribution is -2.12. The molecule has 1 amide bonds. The van der Waals surface area contributed by atoms with Gasteiger partial charge in [-0.1, -0.05) is 19.4 Å². The molecule has 2 aromatic rings. The van der Waals surface area contributed by atoms with E-state index in [4.69, 9.17) is 0 Å². The minimum atomic E-state index is -4.42. The van der Waals surface area contributed by atoms with Crippen molar-refractivity contribution in [3.05, 3.63) is 51.2 Å². The molecule has 1 aromatic heterocycles. The number of carbonyl (C=O) groups excluding carboxylic acids is 1. The number of amides is 1. The molecule has 0 saturated heterocycles. The summed E-state index contributed by atoms with van der Waals surface area (Å²) >= 11 is 1.45. The third-order valence-electron chi connectivity index (χ3n) is 4.43. The van der Waals surface area contributed by atoms with E-state index in [2.05, 4.69) is 12.2 Å². The number of hydrogen-bond donors (Lipinski definition) is 1. The van der Waals surface area contributed by atoms with Gasteiger partial charge in [0.15, 0.2) is 0 Å². The Hall–Kier alpha value is -1.82. The van der Waals surface area contributed by atoms with Gasteiger partial charge in [-0.05, 0) is 55.0 Å². The monoisotopic (exact) mass is 353 g/mol. The summed E-state index contributed by atoms with van der Waals surface area (Å²) in [4.78, 5) is 14.2. The first-order valence-corrected chi connectivity index (χ1v) is 8.78. The van der Waals surface area contributed by atoms with Gasteiger partial charge in [0.05, 0.1) is 10.4 Å². The SMILES string of the molecule is CC[C@H]1CCc2sc(C(=O)Nc3cccc(C(F)(F)F)c3)cc2C1. The fourth-order valence-corrected chi connectivity index (χ4v) is 4.13. The number of carbonyl (C=O) groups is 1. The van der Waals surface area contributed by atoms with Crippen LogP contribution in [-0.4, -0.2) is 5.91 Å². The molecular formula is C18H18F3NOS. The second-order valence-corrected chi connectivity index (χ2v) is 7.25. The van der Waals surface area contributed by atoms with E-state index in [1.54, 1.807) is 0 Å². The first-order chi connectivity index (χ1) is 11.4. The van der Waals surface area contributed by atoms with Crippen LogP contribution in [0.1, 0.15) is 45.4 Å². The van der Waals surface area contributed by atoms with Crippen molar-refractivity contribution in [2.45, 2.75) is 38.8 Å². The van der Waals surface area contributed by atoms with Crippen molar-refractivity contribution in [2.24, 2.45) is 5.92 Å². The van der Waals surface area contributed by atoms with E-state index in [0.29, 0.717) is 10.8 Å².